The third-order valence-electron chi connectivity index (χ3n) is 1.09. The molecular weight excluding hydrogens is 169 g/mol. The van der Waals surface area contributed by atoms with Crippen LogP contribution in [0.15, 0.2) is 18.2 Å². The molecule has 0 aliphatic rings. The van der Waals surface area contributed by atoms with Gasteiger partial charge >= 0.3 is 67.4 Å². The minimum atomic E-state index is -1.55. The molecule has 2 nitrogen and oxygen atoms in total. The van der Waals surface area contributed by atoms with Gasteiger partial charge in [-0.1, -0.05) is 0 Å². The van der Waals surface area contributed by atoms with Crippen molar-refractivity contribution in [2.24, 2.45) is 0 Å². The normalized spacial score (nSPS) is 8.91. The van der Waals surface area contributed by atoms with Gasteiger partial charge in [-0.2, -0.15) is 0 Å². The zero-order valence-corrected chi connectivity index (χ0v) is 6.54. The van der Waals surface area contributed by atoms with Gasteiger partial charge in [-0.25, -0.2) is 0 Å². The summed E-state index contributed by atoms with van der Waals surface area (Å²) >= 11 is -1.55. The Hall–Kier alpha value is -0.788. The van der Waals surface area contributed by atoms with E-state index in [0.717, 1.165) is 6.07 Å². The van der Waals surface area contributed by atoms with Gasteiger partial charge in [0.1, 0.15) is 0 Å². The molecule has 0 radical (unpaired) electrons. The second-order valence-corrected chi connectivity index (χ2v) is 2.19. The summed E-state index contributed by atoms with van der Waals surface area (Å²) in [6.07, 6.45) is 0. The van der Waals surface area contributed by atoms with Crippen molar-refractivity contribution < 1.29 is 16.4 Å². The molecule has 0 saturated heterocycles. The first-order valence-corrected chi connectivity index (χ1v) is 3.74. The summed E-state index contributed by atoms with van der Waals surface area (Å²) in [4.78, 5) is 0. The van der Waals surface area contributed by atoms with Crippen molar-refractivity contribution in [3.05, 3.63) is 29.8 Å². The predicted molar refractivity (Wildman–Crippen MR) is 33.4 cm³/mol. The molecule has 0 aliphatic heterocycles. The van der Waals surface area contributed by atoms with E-state index in [2.05, 4.69) is 3.79 Å². The predicted octanol–water partition coefficient (Wildman–Crippen LogP) is 1.31. The van der Waals surface area contributed by atoms with E-state index >= 15 is 0 Å². The van der Waals surface area contributed by atoms with Gasteiger partial charge in [0.05, 0.1) is 0 Å². The van der Waals surface area contributed by atoms with Gasteiger partial charge in [0.25, 0.3) is 0 Å². The average molecular weight is 172 g/mol. The van der Waals surface area contributed by atoms with E-state index < -0.39 is 27.1 Å². The molecule has 0 aromatic heterocycles. The van der Waals surface area contributed by atoms with E-state index in [1.165, 1.54) is 12.1 Å². The summed E-state index contributed by atoms with van der Waals surface area (Å²) < 4.78 is 39.2. The summed E-state index contributed by atoms with van der Waals surface area (Å²) in [5.74, 6) is -2.42. The first-order valence-electron chi connectivity index (χ1n) is 2.80. The van der Waals surface area contributed by atoms with E-state index in [4.69, 9.17) is 0 Å². The minimum absolute atomic E-state index is 0.310. The summed E-state index contributed by atoms with van der Waals surface area (Å²) in [7, 11) is 0. The van der Waals surface area contributed by atoms with Crippen LogP contribution in [0, 0.1) is 11.6 Å². The van der Waals surface area contributed by atoms with Crippen LogP contribution in [0.25, 0.3) is 0 Å². The Kier molecular flexibility index (Phi) is 2.69. The molecule has 0 heterocycles. The van der Waals surface area contributed by atoms with Gasteiger partial charge < -0.3 is 0 Å². The van der Waals surface area contributed by atoms with Crippen molar-refractivity contribution in [1.82, 2.24) is 0 Å². The molecule has 0 atom stereocenters. The van der Waals surface area contributed by atoms with Gasteiger partial charge in [0.2, 0.25) is 0 Å². The first-order chi connectivity index (χ1) is 5.25. The summed E-state index contributed by atoms with van der Waals surface area (Å²) in [5.41, 5.74) is 0. The zero-order chi connectivity index (χ0) is 8.27. The van der Waals surface area contributed by atoms with E-state index in [9.17, 15) is 12.6 Å². The number of rotatable bonds is 2. The number of hydrogen-bond donors (Lipinski definition) is 0. The first kappa shape index (κ1) is 8.31. The van der Waals surface area contributed by atoms with Gasteiger partial charge in [0.15, 0.2) is 0 Å². The summed E-state index contributed by atoms with van der Waals surface area (Å²) in [6, 6.07) is 3.45. The van der Waals surface area contributed by atoms with Crippen LogP contribution < -0.4 is 3.79 Å². The number of halogens is 2. The van der Waals surface area contributed by atoms with Crippen LogP contribution in [0.4, 0.5) is 8.78 Å². The van der Waals surface area contributed by atoms with Crippen molar-refractivity contribution in [2.45, 2.75) is 0 Å². The van der Waals surface area contributed by atoms with Gasteiger partial charge in [-0.3, -0.25) is 0 Å². The van der Waals surface area contributed by atoms with Crippen molar-refractivity contribution in [3.8, 4) is 5.75 Å². The summed E-state index contributed by atoms with van der Waals surface area (Å²) in [5, 5.41) is 0. The second kappa shape index (κ2) is 3.56. The Morgan fingerprint density at radius 2 is 2.09 bits per heavy atom. The molecule has 0 bridgehead atoms. The Labute approximate surface area is 68.0 Å². The second-order valence-electron chi connectivity index (χ2n) is 1.77. The van der Waals surface area contributed by atoms with Crippen LogP contribution in [0.2, 0.25) is 0 Å². The zero-order valence-electron chi connectivity index (χ0n) is 5.38. The molecule has 1 aromatic rings. The Morgan fingerprint density at radius 1 is 1.36 bits per heavy atom. The fourth-order valence-electron chi connectivity index (χ4n) is 0.627. The molecule has 0 amide bonds. The van der Waals surface area contributed by atoms with Gasteiger partial charge in [0, 0.05) is 0 Å². The van der Waals surface area contributed by atoms with E-state index in [0.29, 0.717) is 0 Å². The fraction of sp³-hybridized carbons (Fsp3) is 0. The molecule has 56 valence electrons. The molecule has 0 unspecified atom stereocenters. The molecule has 1 rings (SSSR count). The van der Waals surface area contributed by atoms with E-state index in [1.807, 2.05) is 0 Å². The van der Waals surface area contributed by atoms with Crippen LogP contribution in [0.5, 0.6) is 5.75 Å². The maximum absolute atomic E-state index is 12.6. The number of benzene rings is 1. The monoisotopic (exact) mass is 172 g/mol. The SMILES string of the molecule is [O]=[Al][O]c1cccc(F)c1F. The fourth-order valence-corrected chi connectivity index (χ4v) is 0.913. The van der Waals surface area contributed by atoms with Gasteiger partial charge in [-0.05, 0) is 0 Å². The Bertz CT molecular complexity index is 277. The molecule has 11 heavy (non-hydrogen) atoms. The quantitative estimate of drug-likeness (QED) is 0.628. The topological polar surface area (TPSA) is 26.3 Å². The van der Waals surface area contributed by atoms with Crippen LogP contribution in [-0.2, 0) is 3.80 Å². The van der Waals surface area contributed by atoms with Crippen molar-refractivity contribution in [1.29, 1.82) is 0 Å². The third kappa shape index (κ3) is 1.82. The molecule has 5 heteroatoms. The molecule has 0 fully saturated rings. The molecule has 0 spiro atoms. The van der Waals surface area contributed by atoms with E-state index in [1.54, 1.807) is 0 Å². The van der Waals surface area contributed by atoms with Crippen LogP contribution >= 0.6 is 0 Å². The average Bonchev–Trinajstić information content (AvgIpc) is 1.99. The van der Waals surface area contributed by atoms with Gasteiger partial charge in [-0.15, -0.1) is 0 Å². The van der Waals surface area contributed by atoms with Crippen LogP contribution in [0.3, 0.4) is 0 Å². The van der Waals surface area contributed by atoms with Crippen molar-refractivity contribution in [2.75, 3.05) is 0 Å². The van der Waals surface area contributed by atoms with Crippen LogP contribution in [0.1, 0.15) is 0 Å². The number of hydrogen-bond acceptors (Lipinski definition) is 2. The standard InChI is InChI=1S/C6H4F2O.Al.O/c7-4-2-1-3-5(9)6(4)8;;/h1-3,9H;;/q;+1;/p-1. The van der Waals surface area contributed by atoms with Crippen molar-refractivity contribution in [3.63, 3.8) is 0 Å². The summed E-state index contributed by atoms with van der Waals surface area (Å²) in [6.45, 7) is 0. The molecule has 0 saturated carbocycles. The molecular formula is C6H3AlF2O2. The maximum atomic E-state index is 12.6. The van der Waals surface area contributed by atoms with E-state index in [-0.39, 0.29) is 5.75 Å². The molecule has 1 aromatic carbocycles. The van der Waals surface area contributed by atoms with Crippen LogP contribution in [-0.4, -0.2) is 15.5 Å². The van der Waals surface area contributed by atoms with Crippen molar-refractivity contribution >= 4 is 15.5 Å². The Balaban J connectivity index is 3.05. The molecule has 0 N–H and O–H groups in total. The third-order valence-corrected chi connectivity index (χ3v) is 1.44. The molecule has 0 aliphatic carbocycles. The Morgan fingerprint density at radius 3 is 2.73 bits per heavy atom.